The van der Waals surface area contributed by atoms with Crippen LogP contribution in [0.1, 0.15) is 28.2 Å². The van der Waals surface area contributed by atoms with Crippen molar-refractivity contribution < 1.29 is 13.9 Å². The number of rotatable bonds is 4. The first-order valence-corrected chi connectivity index (χ1v) is 8.07. The summed E-state index contributed by atoms with van der Waals surface area (Å²) in [6, 6.07) is 13.0. The molecule has 1 aromatic heterocycles. The van der Waals surface area contributed by atoms with Crippen LogP contribution in [0.15, 0.2) is 53.1 Å². The van der Waals surface area contributed by atoms with E-state index < -0.39 is 0 Å². The van der Waals surface area contributed by atoms with Crippen LogP contribution in [-0.2, 0) is 13.0 Å². The Kier molecular flexibility index (Phi) is 3.82. The second-order valence-electron chi connectivity index (χ2n) is 5.62. The molecule has 0 radical (unpaired) electrons. The molecule has 4 rings (SSSR count). The molecule has 0 N–H and O–H groups in total. The lowest BCUT2D eigenvalue weighted by molar-refractivity contribution is 0.0994. The number of benzene rings is 2. The molecule has 24 heavy (non-hydrogen) atoms. The minimum Gasteiger partial charge on any atom is -0.484 e. The van der Waals surface area contributed by atoms with Gasteiger partial charge in [0.25, 0.3) is 0 Å². The number of fused-ring (bicyclic) bond motifs is 1. The van der Waals surface area contributed by atoms with Crippen molar-refractivity contribution >= 4 is 17.4 Å². The smallest absolute Gasteiger partial charge is 0.232 e. The Hall–Kier alpha value is -2.59. The molecule has 120 valence electrons. The van der Waals surface area contributed by atoms with Gasteiger partial charge in [0.1, 0.15) is 5.75 Å². The number of nitrogens with zero attached hydrogens (tertiary/aromatic N) is 1. The van der Waals surface area contributed by atoms with E-state index >= 15 is 0 Å². The zero-order valence-corrected chi connectivity index (χ0v) is 13.5. The van der Waals surface area contributed by atoms with Gasteiger partial charge in [0.05, 0.1) is 6.20 Å². The van der Waals surface area contributed by atoms with Crippen LogP contribution in [-0.4, -0.2) is 10.8 Å². The molecule has 0 atom stereocenters. The van der Waals surface area contributed by atoms with Gasteiger partial charge in [0.2, 0.25) is 5.89 Å². The van der Waals surface area contributed by atoms with Crippen LogP contribution in [0.25, 0.3) is 11.3 Å². The van der Waals surface area contributed by atoms with E-state index in [4.69, 9.17) is 20.8 Å². The normalized spacial score (nSPS) is 13.1. The third-order valence-corrected chi connectivity index (χ3v) is 4.28. The number of ketones is 1. The fourth-order valence-corrected chi connectivity index (χ4v) is 3.08. The number of Topliss-reactive ketones (excluding diaryl/α,β-unsaturated/α-hetero) is 1. The molecular formula is C19H14ClNO3. The Morgan fingerprint density at radius 3 is 2.92 bits per heavy atom. The minimum absolute atomic E-state index is 0.176. The van der Waals surface area contributed by atoms with E-state index in [-0.39, 0.29) is 12.4 Å². The maximum atomic E-state index is 11.8. The van der Waals surface area contributed by atoms with Crippen molar-refractivity contribution in [1.29, 1.82) is 0 Å². The summed E-state index contributed by atoms with van der Waals surface area (Å²) in [6.45, 7) is 0.214. The summed E-state index contributed by atoms with van der Waals surface area (Å²) in [4.78, 5) is 16.0. The Morgan fingerprint density at radius 1 is 1.17 bits per heavy atom. The number of hydrogen-bond donors (Lipinski definition) is 0. The average Bonchev–Trinajstić information content (AvgIpc) is 3.21. The molecule has 3 aromatic rings. The predicted octanol–water partition coefficient (Wildman–Crippen LogP) is 4.70. The number of hydrogen-bond acceptors (Lipinski definition) is 4. The molecular weight excluding hydrogens is 326 g/mol. The summed E-state index contributed by atoms with van der Waals surface area (Å²) in [5.74, 6) is 2.02. The lowest BCUT2D eigenvalue weighted by Crippen LogP contribution is -1.99. The number of halogens is 1. The fourth-order valence-electron chi connectivity index (χ4n) is 2.88. The van der Waals surface area contributed by atoms with Gasteiger partial charge in [-0.1, -0.05) is 35.9 Å². The summed E-state index contributed by atoms with van der Waals surface area (Å²) >= 11 is 5.99. The molecule has 0 saturated heterocycles. The van der Waals surface area contributed by atoms with Crippen LogP contribution < -0.4 is 4.74 Å². The third-order valence-electron chi connectivity index (χ3n) is 4.05. The summed E-state index contributed by atoms with van der Waals surface area (Å²) in [7, 11) is 0. The maximum Gasteiger partial charge on any atom is 0.232 e. The Balaban J connectivity index is 1.51. The van der Waals surface area contributed by atoms with Gasteiger partial charge in [0, 0.05) is 28.1 Å². The number of carbonyl (C=O) groups is 1. The first-order valence-electron chi connectivity index (χ1n) is 7.69. The molecule has 0 spiro atoms. The van der Waals surface area contributed by atoms with Gasteiger partial charge < -0.3 is 9.15 Å². The highest BCUT2D eigenvalue weighted by molar-refractivity contribution is 6.30. The first kappa shape index (κ1) is 15.0. The topological polar surface area (TPSA) is 52.3 Å². The van der Waals surface area contributed by atoms with Gasteiger partial charge in [-0.3, -0.25) is 4.79 Å². The summed E-state index contributed by atoms with van der Waals surface area (Å²) in [5, 5.41) is 0.645. The van der Waals surface area contributed by atoms with Crippen molar-refractivity contribution in [2.24, 2.45) is 0 Å². The lowest BCUT2D eigenvalue weighted by Gasteiger charge is -2.08. The molecule has 1 heterocycles. The van der Waals surface area contributed by atoms with Crippen molar-refractivity contribution in [3.8, 4) is 17.1 Å². The Labute approximate surface area is 144 Å². The maximum absolute atomic E-state index is 11.8. The second-order valence-corrected chi connectivity index (χ2v) is 6.06. The van der Waals surface area contributed by atoms with Gasteiger partial charge >= 0.3 is 0 Å². The van der Waals surface area contributed by atoms with E-state index in [2.05, 4.69) is 4.98 Å². The van der Waals surface area contributed by atoms with Gasteiger partial charge in [-0.2, -0.15) is 0 Å². The van der Waals surface area contributed by atoms with E-state index in [9.17, 15) is 4.79 Å². The predicted molar refractivity (Wildman–Crippen MR) is 90.4 cm³/mol. The fraction of sp³-hybridized carbons (Fsp3) is 0.158. The van der Waals surface area contributed by atoms with Gasteiger partial charge in [-0.15, -0.1) is 0 Å². The zero-order chi connectivity index (χ0) is 16.5. The highest BCUT2D eigenvalue weighted by Crippen LogP contribution is 2.31. The van der Waals surface area contributed by atoms with E-state index in [1.54, 1.807) is 6.20 Å². The zero-order valence-electron chi connectivity index (χ0n) is 12.8. The standard InChI is InChI=1S/C19H14ClNO3/c20-13-4-1-3-12(9-13)18-10-21-19(24-18)11-23-17-6-2-5-14-15(17)7-8-16(14)22/h1-6,9-10H,7-8,11H2. The highest BCUT2D eigenvalue weighted by Gasteiger charge is 2.22. The summed E-state index contributed by atoms with van der Waals surface area (Å²) in [6.07, 6.45) is 2.93. The molecule has 0 aliphatic heterocycles. The van der Waals surface area contributed by atoms with Gasteiger partial charge in [0.15, 0.2) is 18.2 Å². The Bertz CT molecular complexity index is 916. The second kappa shape index (κ2) is 6.13. The van der Waals surface area contributed by atoms with Crippen LogP contribution in [0.5, 0.6) is 5.75 Å². The molecule has 2 aromatic carbocycles. The average molecular weight is 340 g/mol. The lowest BCUT2D eigenvalue weighted by atomic mass is 10.1. The van der Waals surface area contributed by atoms with Crippen molar-refractivity contribution in [2.75, 3.05) is 0 Å². The van der Waals surface area contributed by atoms with E-state index in [1.165, 1.54) is 0 Å². The SMILES string of the molecule is O=C1CCc2c(OCc3ncc(-c4cccc(Cl)c4)o3)cccc21. The Morgan fingerprint density at radius 2 is 2.04 bits per heavy atom. The highest BCUT2D eigenvalue weighted by atomic mass is 35.5. The van der Waals surface area contributed by atoms with Gasteiger partial charge in [-0.05, 0) is 24.6 Å². The molecule has 4 nitrogen and oxygen atoms in total. The van der Waals surface area contributed by atoms with Crippen molar-refractivity contribution in [3.05, 3.63) is 70.7 Å². The molecule has 1 aliphatic rings. The van der Waals surface area contributed by atoms with Crippen LogP contribution >= 0.6 is 11.6 Å². The quantitative estimate of drug-likeness (QED) is 0.691. The van der Waals surface area contributed by atoms with E-state index in [0.717, 1.165) is 28.9 Å². The molecule has 0 saturated carbocycles. The van der Waals surface area contributed by atoms with Crippen LogP contribution in [0.2, 0.25) is 5.02 Å². The van der Waals surface area contributed by atoms with Crippen LogP contribution in [0, 0.1) is 0 Å². The minimum atomic E-state index is 0.176. The van der Waals surface area contributed by atoms with E-state index in [0.29, 0.717) is 23.1 Å². The molecule has 0 fully saturated rings. The van der Waals surface area contributed by atoms with Crippen molar-refractivity contribution in [3.63, 3.8) is 0 Å². The number of ether oxygens (including phenoxy) is 1. The van der Waals surface area contributed by atoms with Crippen LogP contribution in [0.4, 0.5) is 0 Å². The molecule has 0 bridgehead atoms. The number of carbonyl (C=O) groups excluding carboxylic acids is 1. The first-order chi connectivity index (χ1) is 11.7. The van der Waals surface area contributed by atoms with Crippen molar-refractivity contribution in [2.45, 2.75) is 19.4 Å². The number of aromatic nitrogens is 1. The van der Waals surface area contributed by atoms with Gasteiger partial charge in [-0.25, -0.2) is 4.98 Å². The monoisotopic (exact) mass is 339 g/mol. The largest absolute Gasteiger partial charge is 0.484 e. The van der Waals surface area contributed by atoms with E-state index in [1.807, 2.05) is 42.5 Å². The molecule has 0 amide bonds. The summed E-state index contributed by atoms with van der Waals surface area (Å²) in [5.41, 5.74) is 2.61. The molecule has 1 aliphatic carbocycles. The third kappa shape index (κ3) is 2.81. The number of oxazole rings is 1. The molecule has 0 unspecified atom stereocenters. The van der Waals surface area contributed by atoms with Crippen molar-refractivity contribution in [1.82, 2.24) is 4.98 Å². The molecule has 5 heteroatoms. The summed E-state index contributed by atoms with van der Waals surface area (Å²) < 4.78 is 11.5. The van der Waals surface area contributed by atoms with Crippen LogP contribution in [0.3, 0.4) is 0 Å².